The number of amides is 1. The standard InChI is InChI=1S/C32H32FN5O5/c1-20-27(17-25(39)14-23-18-37(12-13-41-2)43-32(23)22-10-11-34-29(33)16-22)38(24-6-4-3-5-7-24)36-31(20)21-8-9-28-26(15-21)35-30(40)19-42-28/h3-11,15-16,23,32H,12-14,17-19H2,1-2H3,(H,35,40)/t23-,32+/m1/s1. The maximum atomic E-state index is 14.0. The first-order valence-corrected chi connectivity index (χ1v) is 14.1. The number of halogens is 1. The first-order valence-electron chi connectivity index (χ1n) is 14.1. The van der Waals surface area contributed by atoms with Gasteiger partial charge in [-0.3, -0.25) is 14.4 Å². The van der Waals surface area contributed by atoms with E-state index in [1.165, 1.54) is 12.3 Å². The van der Waals surface area contributed by atoms with Crippen LogP contribution in [0.1, 0.15) is 29.3 Å². The molecule has 2 aromatic heterocycles. The van der Waals surface area contributed by atoms with Gasteiger partial charge < -0.3 is 14.8 Å². The fourth-order valence-electron chi connectivity index (χ4n) is 5.66. The van der Waals surface area contributed by atoms with E-state index in [9.17, 15) is 14.0 Å². The molecule has 0 radical (unpaired) electrons. The lowest BCUT2D eigenvalue weighted by atomic mass is 9.90. The molecule has 4 heterocycles. The van der Waals surface area contributed by atoms with Crippen molar-refractivity contribution in [2.45, 2.75) is 25.9 Å². The van der Waals surface area contributed by atoms with E-state index in [2.05, 4.69) is 10.3 Å². The second kappa shape index (κ2) is 12.4. The monoisotopic (exact) mass is 585 g/mol. The third-order valence-electron chi connectivity index (χ3n) is 7.74. The molecule has 2 atom stereocenters. The quantitative estimate of drug-likeness (QED) is 0.272. The first kappa shape index (κ1) is 28.7. The smallest absolute Gasteiger partial charge is 0.262 e. The molecule has 1 N–H and O–H groups in total. The Balaban J connectivity index is 1.29. The van der Waals surface area contributed by atoms with Crippen molar-refractivity contribution in [1.82, 2.24) is 19.8 Å². The van der Waals surface area contributed by atoms with Gasteiger partial charge in [0.25, 0.3) is 5.91 Å². The predicted octanol–water partition coefficient (Wildman–Crippen LogP) is 4.47. The Kier molecular flexibility index (Phi) is 8.28. The van der Waals surface area contributed by atoms with Gasteiger partial charge in [-0.25, -0.2) is 9.67 Å². The van der Waals surface area contributed by atoms with Crippen molar-refractivity contribution in [3.63, 3.8) is 0 Å². The molecular weight excluding hydrogens is 553 g/mol. The molecule has 2 aliphatic heterocycles. The highest BCUT2D eigenvalue weighted by Gasteiger charge is 2.37. The SMILES string of the molecule is COCCN1C[C@@H](CC(=O)Cc2c(C)c(-c3ccc4c(c3)NC(=O)CO4)nn2-c2ccccc2)[C@H](c2ccnc(F)c2)O1. The number of pyridine rings is 1. The van der Waals surface area contributed by atoms with Crippen LogP contribution in [-0.2, 0) is 25.6 Å². The summed E-state index contributed by atoms with van der Waals surface area (Å²) in [5.41, 5.74) is 5.18. The summed E-state index contributed by atoms with van der Waals surface area (Å²) < 4.78 is 26.5. The van der Waals surface area contributed by atoms with Crippen LogP contribution < -0.4 is 10.1 Å². The maximum Gasteiger partial charge on any atom is 0.262 e. The predicted molar refractivity (Wildman–Crippen MR) is 156 cm³/mol. The Bertz CT molecular complexity index is 1640. The van der Waals surface area contributed by atoms with Gasteiger partial charge in [-0.2, -0.15) is 14.6 Å². The Hall–Kier alpha value is -4.45. The number of rotatable bonds is 10. The molecule has 0 aliphatic carbocycles. The Labute approximate surface area is 248 Å². The van der Waals surface area contributed by atoms with Crippen molar-refractivity contribution in [3.8, 4) is 22.7 Å². The third kappa shape index (κ3) is 6.19. The van der Waals surface area contributed by atoms with Crippen LogP contribution in [0.15, 0.2) is 66.9 Å². The molecule has 10 nitrogen and oxygen atoms in total. The zero-order chi connectivity index (χ0) is 29.9. The summed E-state index contributed by atoms with van der Waals surface area (Å²) in [5.74, 6) is -0.389. The minimum atomic E-state index is -0.593. The molecule has 2 aromatic carbocycles. The van der Waals surface area contributed by atoms with Crippen LogP contribution >= 0.6 is 0 Å². The summed E-state index contributed by atoms with van der Waals surface area (Å²) in [5, 5.41) is 9.56. The number of anilines is 1. The average Bonchev–Trinajstić information content (AvgIpc) is 3.56. The van der Waals surface area contributed by atoms with Gasteiger partial charge in [0.15, 0.2) is 6.61 Å². The van der Waals surface area contributed by atoms with Crippen molar-refractivity contribution in [2.75, 3.05) is 38.7 Å². The summed E-state index contributed by atoms with van der Waals surface area (Å²) >= 11 is 0. The first-order chi connectivity index (χ1) is 20.9. The summed E-state index contributed by atoms with van der Waals surface area (Å²) in [7, 11) is 1.62. The van der Waals surface area contributed by atoms with E-state index in [-0.39, 0.29) is 37.1 Å². The molecule has 222 valence electrons. The van der Waals surface area contributed by atoms with E-state index in [0.717, 1.165) is 22.5 Å². The van der Waals surface area contributed by atoms with Crippen LogP contribution in [-0.4, -0.2) is 64.9 Å². The number of methoxy groups -OCH3 is 1. The minimum Gasteiger partial charge on any atom is -0.482 e. The van der Waals surface area contributed by atoms with Crippen LogP contribution in [0.5, 0.6) is 5.75 Å². The zero-order valence-electron chi connectivity index (χ0n) is 24.0. The highest BCUT2D eigenvalue weighted by Crippen LogP contribution is 2.38. The maximum absolute atomic E-state index is 14.0. The molecule has 0 bridgehead atoms. The second-order valence-electron chi connectivity index (χ2n) is 10.7. The summed E-state index contributed by atoms with van der Waals surface area (Å²) in [6.07, 6.45) is 1.30. The Morgan fingerprint density at radius 3 is 2.79 bits per heavy atom. The number of carbonyl (C=O) groups is 2. The van der Waals surface area contributed by atoms with Crippen molar-refractivity contribution in [1.29, 1.82) is 0 Å². The van der Waals surface area contributed by atoms with Gasteiger partial charge in [0.05, 0.1) is 29.4 Å². The van der Waals surface area contributed by atoms with Crippen molar-refractivity contribution in [3.05, 3.63) is 89.6 Å². The van der Waals surface area contributed by atoms with Crippen LogP contribution in [0.3, 0.4) is 0 Å². The average molecular weight is 586 g/mol. The van der Waals surface area contributed by atoms with E-state index in [1.54, 1.807) is 18.2 Å². The molecule has 1 saturated heterocycles. The fourth-order valence-corrected chi connectivity index (χ4v) is 5.66. The molecule has 2 aliphatic rings. The van der Waals surface area contributed by atoms with E-state index in [0.29, 0.717) is 42.4 Å². The van der Waals surface area contributed by atoms with E-state index in [4.69, 9.17) is 19.4 Å². The number of hydrogen-bond donors (Lipinski definition) is 1. The normalized spacial score (nSPS) is 18.3. The largest absolute Gasteiger partial charge is 0.482 e. The molecule has 0 unspecified atom stereocenters. The number of carbonyl (C=O) groups excluding carboxylic acids is 2. The lowest BCUT2D eigenvalue weighted by Gasteiger charge is -2.18. The molecule has 11 heteroatoms. The topological polar surface area (TPSA) is 108 Å². The number of ketones is 1. The van der Waals surface area contributed by atoms with E-state index in [1.807, 2.05) is 60.1 Å². The fraction of sp³-hybridized carbons (Fsp3) is 0.312. The summed E-state index contributed by atoms with van der Waals surface area (Å²) in [4.78, 5) is 35.5. The number of aromatic nitrogens is 3. The molecule has 0 spiro atoms. The molecular formula is C32H32FN5O5. The van der Waals surface area contributed by atoms with E-state index >= 15 is 0 Å². The number of para-hydroxylation sites is 1. The number of Topliss-reactive ketones (excluding diaryl/α,β-unsaturated/α-hetero) is 1. The molecule has 6 rings (SSSR count). The number of ether oxygens (including phenoxy) is 2. The number of nitrogens with zero attached hydrogens (tertiary/aromatic N) is 4. The highest BCUT2D eigenvalue weighted by atomic mass is 19.1. The van der Waals surface area contributed by atoms with Crippen LogP contribution in [0.4, 0.5) is 10.1 Å². The molecule has 43 heavy (non-hydrogen) atoms. The van der Waals surface area contributed by atoms with Gasteiger partial charge >= 0.3 is 0 Å². The zero-order valence-corrected chi connectivity index (χ0v) is 24.0. The van der Waals surface area contributed by atoms with Crippen LogP contribution in [0.2, 0.25) is 0 Å². The lowest BCUT2D eigenvalue weighted by Crippen LogP contribution is -2.25. The summed E-state index contributed by atoms with van der Waals surface area (Å²) in [6, 6.07) is 18.3. The summed E-state index contributed by atoms with van der Waals surface area (Å²) in [6.45, 7) is 3.43. The van der Waals surface area contributed by atoms with Gasteiger partial charge in [0.2, 0.25) is 5.95 Å². The highest BCUT2D eigenvalue weighted by molar-refractivity contribution is 5.96. The molecule has 1 fully saturated rings. The van der Waals surface area contributed by atoms with Gasteiger partial charge in [-0.05, 0) is 60.5 Å². The van der Waals surface area contributed by atoms with Gasteiger partial charge in [0, 0.05) is 50.7 Å². The minimum absolute atomic E-state index is 0.0135. The number of fused-ring (bicyclic) bond motifs is 1. The van der Waals surface area contributed by atoms with E-state index < -0.39 is 12.1 Å². The van der Waals surface area contributed by atoms with Crippen LogP contribution in [0, 0.1) is 18.8 Å². The third-order valence-corrected chi connectivity index (χ3v) is 7.74. The van der Waals surface area contributed by atoms with Gasteiger partial charge in [-0.15, -0.1) is 0 Å². The molecule has 4 aromatic rings. The molecule has 0 saturated carbocycles. The number of benzene rings is 2. The van der Waals surface area contributed by atoms with Crippen LogP contribution in [0.25, 0.3) is 16.9 Å². The number of nitrogens with one attached hydrogen (secondary N) is 1. The second-order valence-corrected chi connectivity index (χ2v) is 10.7. The number of hydrogen-bond acceptors (Lipinski definition) is 8. The number of hydroxylamine groups is 2. The van der Waals surface area contributed by atoms with Crippen molar-refractivity contribution in [2.24, 2.45) is 5.92 Å². The van der Waals surface area contributed by atoms with Gasteiger partial charge in [0.1, 0.15) is 17.6 Å². The molecule has 1 amide bonds. The van der Waals surface area contributed by atoms with Crippen molar-refractivity contribution < 1.29 is 28.3 Å². The lowest BCUT2D eigenvalue weighted by molar-refractivity contribution is -0.155. The van der Waals surface area contributed by atoms with Crippen molar-refractivity contribution >= 4 is 17.4 Å². The van der Waals surface area contributed by atoms with Gasteiger partial charge in [-0.1, -0.05) is 18.2 Å². The Morgan fingerprint density at radius 1 is 1.16 bits per heavy atom. The Morgan fingerprint density at radius 2 is 2.00 bits per heavy atom.